The van der Waals surface area contributed by atoms with Crippen molar-refractivity contribution in [2.75, 3.05) is 5.32 Å². The van der Waals surface area contributed by atoms with Gasteiger partial charge in [-0.1, -0.05) is 30.3 Å². The quantitative estimate of drug-likeness (QED) is 0.561. The van der Waals surface area contributed by atoms with Crippen LogP contribution in [0.3, 0.4) is 0 Å². The summed E-state index contributed by atoms with van der Waals surface area (Å²) >= 11 is 0. The van der Waals surface area contributed by atoms with Crippen molar-refractivity contribution in [3.63, 3.8) is 0 Å². The zero-order valence-corrected chi connectivity index (χ0v) is 15.2. The smallest absolute Gasteiger partial charge is 0.147 e. The van der Waals surface area contributed by atoms with Gasteiger partial charge in [0.2, 0.25) is 0 Å². The van der Waals surface area contributed by atoms with Gasteiger partial charge in [0.05, 0.1) is 6.04 Å². The van der Waals surface area contributed by atoms with E-state index in [2.05, 4.69) is 20.3 Å². The Labute approximate surface area is 157 Å². The van der Waals surface area contributed by atoms with Gasteiger partial charge in [-0.25, -0.2) is 9.97 Å². The number of aromatic hydroxyl groups is 1. The molecular weight excluding hydrogens is 336 g/mol. The molecule has 2 N–H and O–H groups in total. The first kappa shape index (κ1) is 17.0. The minimum atomic E-state index is -0.306. The van der Waals surface area contributed by atoms with E-state index in [1.54, 1.807) is 12.4 Å². The van der Waals surface area contributed by atoms with Gasteiger partial charge in [0.15, 0.2) is 0 Å². The van der Waals surface area contributed by atoms with Crippen molar-refractivity contribution in [2.24, 2.45) is 0 Å². The number of phenols is 1. The van der Waals surface area contributed by atoms with Gasteiger partial charge in [0.25, 0.3) is 0 Å². The number of nitrogens with one attached hydrogen (secondary N) is 1. The van der Waals surface area contributed by atoms with E-state index in [9.17, 15) is 5.11 Å². The summed E-state index contributed by atoms with van der Waals surface area (Å²) in [6.45, 7) is 3.86. The second-order valence-corrected chi connectivity index (χ2v) is 6.56. The molecule has 1 atom stereocenters. The molecule has 0 amide bonds. The molecule has 0 aliphatic rings. The Kier molecular flexibility index (Phi) is 4.42. The number of pyridine rings is 3. The molecule has 5 heteroatoms. The molecule has 0 radical (unpaired) electrons. The second kappa shape index (κ2) is 7.03. The molecule has 0 spiro atoms. The predicted octanol–water partition coefficient (Wildman–Crippen LogP) is 4.55. The van der Waals surface area contributed by atoms with Crippen LogP contribution in [0.1, 0.15) is 28.6 Å². The molecule has 5 nitrogen and oxygen atoms in total. The second-order valence-electron chi connectivity index (χ2n) is 6.56. The lowest BCUT2D eigenvalue weighted by molar-refractivity contribution is 0.471. The first-order valence-electron chi connectivity index (χ1n) is 8.81. The van der Waals surface area contributed by atoms with E-state index < -0.39 is 0 Å². The topological polar surface area (TPSA) is 70.9 Å². The van der Waals surface area contributed by atoms with E-state index >= 15 is 0 Å². The van der Waals surface area contributed by atoms with Crippen LogP contribution in [0.25, 0.3) is 10.9 Å². The van der Waals surface area contributed by atoms with Crippen LogP contribution in [-0.2, 0) is 0 Å². The molecule has 134 valence electrons. The molecule has 0 aliphatic heterocycles. The van der Waals surface area contributed by atoms with Gasteiger partial charge in [-0.3, -0.25) is 4.98 Å². The molecule has 4 rings (SSSR count). The van der Waals surface area contributed by atoms with Gasteiger partial charge in [0, 0.05) is 34.7 Å². The zero-order valence-electron chi connectivity index (χ0n) is 15.2. The fourth-order valence-corrected chi connectivity index (χ4v) is 3.18. The van der Waals surface area contributed by atoms with Gasteiger partial charge in [-0.2, -0.15) is 0 Å². The summed E-state index contributed by atoms with van der Waals surface area (Å²) in [5.74, 6) is 0.908. The number of aromatic nitrogens is 3. The van der Waals surface area contributed by atoms with Crippen molar-refractivity contribution in [2.45, 2.75) is 19.9 Å². The Bertz CT molecular complexity index is 1100. The number of hydrogen-bond donors (Lipinski definition) is 2. The molecule has 4 aromatic rings. The Morgan fingerprint density at radius 1 is 0.889 bits per heavy atom. The van der Waals surface area contributed by atoms with Crippen LogP contribution in [0.15, 0.2) is 67.0 Å². The highest BCUT2D eigenvalue weighted by atomic mass is 16.3. The number of benzene rings is 1. The van der Waals surface area contributed by atoms with Crippen LogP contribution in [0.2, 0.25) is 0 Å². The van der Waals surface area contributed by atoms with E-state index in [4.69, 9.17) is 0 Å². The number of rotatable bonds is 4. The van der Waals surface area contributed by atoms with E-state index in [0.717, 1.165) is 33.7 Å². The maximum Gasteiger partial charge on any atom is 0.147 e. The summed E-state index contributed by atoms with van der Waals surface area (Å²) in [7, 11) is 0. The van der Waals surface area contributed by atoms with E-state index in [-0.39, 0.29) is 11.8 Å². The largest absolute Gasteiger partial charge is 0.505 e. The van der Waals surface area contributed by atoms with Crippen molar-refractivity contribution < 1.29 is 5.11 Å². The third-order valence-corrected chi connectivity index (χ3v) is 4.52. The molecule has 0 unspecified atom stereocenters. The predicted molar refractivity (Wildman–Crippen MR) is 107 cm³/mol. The lowest BCUT2D eigenvalue weighted by Crippen LogP contribution is -2.14. The van der Waals surface area contributed by atoms with Crippen molar-refractivity contribution in [3.8, 4) is 5.75 Å². The summed E-state index contributed by atoms with van der Waals surface area (Å²) in [5.41, 5.74) is 4.05. The summed E-state index contributed by atoms with van der Waals surface area (Å²) < 4.78 is 0. The minimum absolute atomic E-state index is 0.171. The first-order chi connectivity index (χ1) is 13.1. The lowest BCUT2D eigenvalue weighted by atomic mass is 9.97. The van der Waals surface area contributed by atoms with Crippen molar-refractivity contribution >= 4 is 16.7 Å². The van der Waals surface area contributed by atoms with Crippen LogP contribution in [-0.4, -0.2) is 20.1 Å². The summed E-state index contributed by atoms with van der Waals surface area (Å²) in [5, 5.41) is 15.3. The molecule has 27 heavy (non-hydrogen) atoms. The lowest BCUT2D eigenvalue weighted by Gasteiger charge is -2.22. The molecule has 3 heterocycles. The van der Waals surface area contributed by atoms with Crippen molar-refractivity contribution in [1.82, 2.24) is 15.0 Å². The number of aryl methyl sites for hydroxylation is 2. The van der Waals surface area contributed by atoms with Crippen LogP contribution in [0, 0.1) is 13.8 Å². The molecule has 0 fully saturated rings. The summed E-state index contributed by atoms with van der Waals surface area (Å²) in [6, 6.07) is 17.2. The Balaban J connectivity index is 1.86. The average molecular weight is 356 g/mol. The first-order valence-corrected chi connectivity index (χ1v) is 8.81. The molecule has 0 saturated carbocycles. The van der Waals surface area contributed by atoms with E-state index in [1.165, 1.54) is 0 Å². The Morgan fingerprint density at radius 2 is 1.70 bits per heavy atom. The van der Waals surface area contributed by atoms with Crippen LogP contribution in [0.5, 0.6) is 5.75 Å². The molecular formula is C22H20N4O. The van der Waals surface area contributed by atoms with Crippen LogP contribution in [0.4, 0.5) is 5.82 Å². The normalized spacial score (nSPS) is 12.1. The highest BCUT2D eigenvalue weighted by Gasteiger charge is 2.20. The summed E-state index contributed by atoms with van der Waals surface area (Å²) in [4.78, 5) is 13.3. The fraction of sp³-hybridized carbons (Fsp3) is 0.136. The van der Waals surface area contributed by atoms with E-state index in [0.29, 0.717) is 5.52 Å². The Morgan fingerprint density at radius 3 is 2.48 bits per heavy atom. The van der Waals surface area contributed by atoms with Gasteiger partial charge in [-0.05, 0) is 43.7 Å². The average Bonchev–Trinajstić information content (AvgIpc) is 2.68. The Hall–Kier alpha value is -3.47. The standard InChI is InChI=1S/C22H20N4O/c1-14-5-3-7-19(24-14)26-20(17-6-4-12-23-13-17)18-11-10-16-9-8-15(2)25-21(16)22(18)27/h3-13,20,27H,1-2H3,(H,24,26)/t20-/m1/s1. The molecule has 0 saturated heterocycles. The molecule has 3 aromatic heterocycles. The SMILES string of the molecule is Cc1cccc(N[C@H](c2cccnc2)c2ccc3ccc(C)nc3c2O)n1. The molecule has 0 bridgehead atoms. The van der Waals surface area contributed by atoms with Crippen molar-refractivity contribution in [3.05, 3.63) is 89.5 Å². The van der Waals surface area contributed by atoms with Crippen LogP contribution < -0.4 is 5.32 Å². The highest BCUT2D eigenvalue weighted by Crippen LogP contribution is 2.36. The maximum atomic E-state index is 11.0. The van der Waals surface area contributed by atoms with Gasteiger partial charge < -0.3 is 10.4 Å². The third-order valence-electron chi connectivity index (χ3n) is 4.52. The van der Waals surface area contributed by atoms with Crippen molar-refractivity contribution in [1.29, 1.82) is 0 Å². The number of nitrogens with zero attached hydrogens (tertiary/aromatic N) is 3. The minimum Gasteiger partial charge on any atom is -0.505 e. The highest BCUT2D eigenvalue weighted by molar-refractivity contribution is 5.86. The molecule has 0 aliphatic carbocycles. The van der Waals surface area contributed by atoms with Crippen LogP contribution >= 0.6 is 0 Å². The number of phenolic OH excluding ortho intramolecular Hbond substituents is 1. The number of hydrogen-bond acceptors (Lipinski definition) is 5. The monoisotopic (exact) mass is 356 g/mol. The summed E-state index contributed by atoms with van der Waals surface area (Å²) in [6.07, 6.45) is 3.53. The van der Waals surface area contributed by atoms with Gasteiger partial charge in [0.1, 0.15) is 17.1 Å². The molecule has 1 aromatic carbocycles. The zero-order chi connectivity index (χ0) is 18.8. The third kappa shape index (κ3) is 3.44. The van der Waals surface area contributed by atoms with Gasteiger partial charge in [-0.15, -0.1) is 0 Å². The maximum absolute atomic E-state index is 11.0. The number of fused-ring (bicyclic) bond motifs is 1. The number of anilines is 1. The van der Waals surface area contributed by atoms with Gasteiger partial charge >= 0.3 is 0 Å². The van der Waals surface area contributed by atoms with E-state index in [1.807, 2.05) is 68.4 Å². The fourth-order valence-electron chi connectivity index (χ4n) is 3.18.